The van der Waals surface area contributed by atoms with Gasteiger partial charge < -0.3 is 9.64 Å². The van der Waals surface area contributed by atoms with E-state index in [1.807, 2.05) is 61.5 Å². The van der Waals surface area contributed by atoms with E-state index >= 15 is 0 Å². The fraction of sp³-hybridized carbons (Fsp3) is 0.174. The van der Waals surface area contributed by atoms with Crippen LogP contribution < -0.4 is 5.32 Å². The number of carbonyl (C=O) groups excluding carboxylic acids is 1. The van der Waals surface area contributed by atoms with E-state index in [-0.39, 0.29) is 12.6 Å². The summed E-state index contributed by atoms with van der Waals surface area (Å²) in [4.78, 5) is 22.8. The van der Waals surface area contributed by atoms with Gasteiger partial charge in [0.2, 0.25) is 5.95 Å². The van der Waals surface area contributed by atoms with Crippen LogP contribution in [0, 0.1) is 0 Å². The molecule has 0 fully saturated rings. The average Bonchev–Trinajstić information content (AvgIpc) is 2.75. The van der Waals surface area contributed by atoms with Gasteiger partial charge in [0.1, 0.15) is 6.61 Å². The number of hydrogen-bond acceptors (Lipinski definition) is 5. The van der Waals surface area contributed by atoms with E-state index in [1.54, 1.807) is 12.3 Å². The first kappa shape index (κ1) is 21.3. The van der Waals surface area contributed by atoms with Crippen molar-refractivity contribution in [1.29, 1.82) is 0 Å². The largest absolute Gasteiger partial charge is 0.448 e. The van der Waals surface area contributed by atoms with Crippen molar-refractivity contribution in [2.75, 3.05) is 32.6 Å². The third-order valence-electron chi connectivity index (χ3n) is 4.81. The highest BCUT2D eigenvalue weighted by Gasteiger charge is 2.13. The molecule has 0 spiro atoms. The number of fused-ring (bicyclic) bond motifs is 3. The number of halogens is 2. The van der Waals surface area contributed by atoms with E-state index in [4.69, 9.17) is 27.9 Å². The molecule has 0 atom stereocenters. The Morgan fingerprint density at radius 2 is 1.84 bits per heavy atom. The standard InChI is InChI=1S/C23H20Cl2N4O2/c1-29(2)9-10-31-23(30)28-22-26-13-15-11-18(14-7-8-19(24)20(25)12-14)16-5-3-4-6-17(16)21(15)27-22/h3-8,11-13H,9-10H2,1-2H3,(H,26,27,28,30). The highest BCUT2D eigenvalue weighted by atomic mass is 35.5. The van der Waals surface area contributed by atoms with Crippen molar-refractivity contribution < 1.29 is 9.53 Å². The van der Waals surface area contributed by atoms with Crippen LogP contribution in [-0.4, -0.2) is 48.2 Å². The smallest absolute Gasteiger partial charge is 0.414 e. The zero-order valence-electron chi connectivity index (χ0n) is 17.0. The molecule has 4 rings (SSSR count). The Morgan fingerprint density at radius 1 is 1.06 bits per heavy atom. The lowest BCUT2D eigenvalue weighted by molar-refractivity contribution is 0.151. The molecule has 0 aliphatic heterocycles. The number of benzene rings is 3. The number of carbonyl (C=O) groups is 1. The first-order chi connectivity index (χ1) is 14.9. The molecule has 0 saturated carbocycles. The van der Waals surface area contributed by atoms with Crippen molar-refractivity contribution in [3.8, 4) is 11.1 Å². The van der Waals surface area contributed by atoms with Crippen LogP contribution in [0.1, 0.15) is 0 Å². The molecule has 1 N–H and O–H groups in total. The van der Waals surface area contributed by atoms with Crippen LogP contribution in [0.25, 0.3) is 32.8 Å². The van der Waals surface area contributed by atoms with Gasteiger partial charge in [0.05, 0.1) is 15.6 Å². The third-order valence-corrected chi connectivity index (χ3v) is 5.54. The molecule has 0 aliphatic carbocycles. The molecule has 1 aromatic heterocycles. The predicted octanol–water partition coefficient (Wildman–Crippen LogP) is 5.87. The molecule has 158 valence electrons. The normalized spacial score (nSPS) is 11.3. The third kappa shape index (κ3) is 4.71. The summed E-state index contributed by atoms with van der Waals surface area (Å²) >= 11 is 12.3. The molecule has 0 unspecified atom stereocenters. The van der Waals surface area contributed by atoms with Gasteiger partial charge in [-0.15, -0.1) is 0 Å². The quantitative estimate of drug-likeness (QED) is 0.382. The van der Waals surface area contributed by atoms with E-state index in [1.165, 1.54) is 0 Å². The Hall–Kier alpha value is -2.93. The monoisotopic (exact) mass is 454 g/mol. The zero-order valence-corrected chi connectivity index (χ0v) is 18.5. The van der Waals surface area contributed by atoms with Gasteiger partial charge >= 0.3 is 6.09 Å². The van der Waals surface area contributed by atoms with E-state index in [0.717, 1.165) is 32.8 Å². The minimum absolute atomic E-state index is 0.190. The van der Waals surface area contributed by atoms with Crippen LogP contribution in [0.15, 0.2) is 54.7 Å². The molecule has 4 aromatic rings. The SMILES string of the molecule is CN(C)CCOC(=O)Nc1ncc2cc(-c3ccc(Cl)c(Cl)c3)c3ccccc3c2n1. The summed E-state index contributed by atoms with van der Waals surface area (Å²) in [6.45, 7) is 0.913. The first-order valence-electron chi connectivity index (χ1n) is 9.65. The van der Waals surface area contributed by atoms with Gasteiger partial charge in [0, 0.05) is 23.5 Å². The number of hydrogen-bond donors (Lipinski definition) is 1. The maximum atomic E-state index is 12.0. The summed E-state index contributed by atoms with van der Waals surface area (Å²) in [5, 5.41) is 6.38. The number of likely N-dealkylation sites (N-methyl/N-ethyl adjacent to an activating group) is 1. The molecule has 0 aliphatic rings. The molecule has 0 saturated heterocycles. The van der Waals surface area contributed by atoms with E-state index in [2.05, 4.69) is 15.3 Å². The summed E-state index contributed by atoms with van der Waals surface area (Å²) in [6.07, 6.45) is 1.10. The Kier molecular flexibility index (Phi) is 6.23. The lowest BCUT2D eigenvalue weighted by Crippen LogP contribution is -2.23. The first-order valence-corrected chi connectivity index (χ1v) is 10.4. The maximum absolute atomic E-state index is 12.0. The molecule has 1 amide bonds. The number of ether oxygens (including phenoxy) is 1. The number of aromatic nitrogens is 2. The lowest BCUT2D eigenvalue weighted by atomic mass is 9.96. The van der Waals surface area contributed by atoms with Crippen molar-refractivity contribution in [3.63, 3.8) is 0 Å². The van der Waals surface area contributed by atoms with Crippen LogP contribution in [0.4, 0.5) is 10.7 Å². The summed E-state index contributed by atoms with van der Waals surface area (Å²) < 4.78 is 5.16. The predicted molar refractivity (Wildman–Crippen MR) is 126 cm³/mol. The van der Waals surface area contributed by atoms with Gasteiger partial charge in [-0.2, -0.15) is 0 Å². The minimum atomic E-state index is -0.585. The molecule has 0 bridgehead atoms. The zero-order chi connectivity index (χ0) is 22.0. The van der Waals surface area contributed by atoms with Crippen molar-refractivity contribution in [3.05, 3.63) is 64.8 Å². The highest BCUT2D eigenvalue weighted by Crippen LogP contribution is 2.36. The Labute approximate surface area is 189 Å². The summed E-state index contributed by atoms with van der Waals surface area (Å²) in [6, 6.07) is 15.5. The maximum Gasteiger partial charge on any atom is 0.414 e. The Morgan fingerprint density at radius 3 is 2.58 bits per heavy atom. The fourth-order valence-corrected chi connectivity index (χ4v) is 3.58. The van der Waals surface area contributed by atoms with Crippen LogP contribution in [-0.2, 0) is 4.74 Å². The van der Waals surface area contributed by atoms with Gasteiger partial charge in [0.15, 0.2) is 0 Å². The van der Waals surface area contributed by atoms with Crippen LogP contribution in [0.2, 0.25) is 10.0 Å². The van der Waals surface area contributed by atoms with E-state index < -0.39 is 6.09 Å². The van der Waals surface area contributed by atoms with Crippen molar-refractivity contribution in [2.45, 2.75) is 0 Å². The minimum Gasteiger partial charge on any atom is -0.448 e. The summed E-state index contributed by atoms with van der Waals surface area (Å²) in [5.74, 6) is 0.190. The Bertz CT molecular complexity index is 1280. The van der Waals surface area contributed by atoms with Gasteiger partial charge in [0.25, 0.3) is 0 Å². The molecular formula is C23H20Cl2N4O2. The lowest BCUT2D eigenvalue weighted by Gasteiger charge is -2.12. The summed E-state index contributed by atoms with van der Waals surface area (Å²) in [7, 11) is 3.82. The molecule has 1 heterocycles. The number of nitrogens with zero attached hydrogens (tertiary/aromatic N) is 3. The number of rotatable bonds is 5. The van der Waals surface area contributed by atoms with Gasteiger partial charge in [-0.3, -0.25) is 5.32 Å². The van der Waals surface area contributed by atoms with Gasteiger partial charge in [-0.25, -0.2) is 14.8 Å². The van der Waals surface area contributed by atoms with Crippen molar-refractivity contribution in [2.24, 2.45) is 0 Å². The molecular weight excluding hydrogens is 435 g/mol. The second-order valence-electron chi connectivity index (χ2n) is 7.29. The average molecular weight is 455 g/mol. The number of amides is 1. The number of nitrogens with one attached hydrogen (secondary N) is 1. The second kappa shape index (κ2) is 9.06. The van der Waals surface area contributed by atoms with Crippen molar-refractivity contribution >= 4 is 56.9 Å². The number of anilines is 1. The highest BCUT2D eigenvalue weighted by molar-refractivity contribution is 6.42. The Balaban J connectivity index is 1.73. The van der Waals surface area contributed by atoms with Crippen LogP contribution in [0.5, 0.6) is 0 Å². The topological polar surface area (TPSA) is 67.3 Å². The van der Waals surface area contributed by atoms with Crippen LogP contribution >= 0.6 is 23.2 Å². The van der Waals surface area contributed by atoms with E-state index in [0.29, 0.717) is 16.6 Å². The van der Waals surface area contributed by atoms with Gasteiger partial charge in [-0.1, -0.05) is 53.5 Å². The molecule has 0 radical (unpaired) electrons. The second-order valence-corrected chi connectivity index (χ2v) is 8.11. The van der Waals surface area contributed by atoms with Gasteiger partial charge in [-0.05, 0) is 48.8 Å². The molecule has 3 aromatic carbocycles. The molecule has 31 heavy (non-hydrogen) atoms. The summed E-state index contributed by atoms with van der Waals surface area (Å²) in [5.41, 5.74) is 2.67. The van der Waals surface area contributed by atoms with E-state index in [9.17, 15) is 4.79 Å². The van der Waals surface area contributed by atoms with Crippen molar-refractivity contribution in [1.82, 2.24) is 14.9 Å². The fourth-order valence-electron chi connectivity index (χ4n) is 3.28. The molecule has 8 heteroatoms. The molecule has 6 nitrogen and oxygen atoms in total. The van der Waals surface area contributed by atoms with Crippen LogP contribution in [0.3, 0.4) is 0 Å².